The van der Waals surface area contributed by atoms with Crippen molar-refractivity contribution in [1.82, 2.24) is 15.3 Å². The summed E-state index contributed by atoms with van der Waals surface area (Å²) in [7, 11) is 0. The van der Waals surface area contributed by atoms with Gasteiger partial charge in [-0.3, -0.25) is 9.59 Å². The van der Waals surface area contributed by atoms with E-state index in [0.717, 1.165) is 37.8 Å². The second kappa shape index (κ2) is 10.4. The van der Waals surface area contributed by atoms with Crippen LogP contribution < -0.4 is 15.6 Å². The van der Waals surface area contributed by atoms with E-state index in [1.54, 1.807) is 18.2 Å². The number of carbonyl (C=O) groups is 1. The number of amides is 1. The summed E-state index contributed by atoms with van der Waals surface area (Å²) in [6.45, 7) is 6.54. The first-order chi connectivity index (χ1) is 14.6. The van der Waals surface area contributed by atoms with E-state index in [0.29, 0.717) is 47.7 Å². The first-order valence-corrected chi connectivity index (χ1v) is 11.3. The molecule has 6 nitrogen and oxygen atoms in total. The standard InChI is InChI=1S/C24H33N3O3/c1-4-14-30-21-13-12-16(23(28)25-17-10-8-7-9-11-17)15-19(21)22-26-20(6-3)18(5-2)24(29)27-22/h12-13,15,17H,4-11,14H2,1-3H3,(H,25,28)(H,26,27,29). The van der Waals surface area contributed by atoms with Crippen molar-refractivity contribution in [2.24, 2.45) is 0 Å². The van der Waals surface area contributed by atoms with Crippen molar-refractivity contribution in [3.05, 3.63) is 45.4 Å². The molecule has 0 unspecified atom stereocenters. The van der Waals surface area contributed by atoms with E-state index in [1.807, 2.05) is 20.8 Å². The van der Waals surface area contributed by atoms with Gasteiger partial charge in [0.1, 0.15) is 11.6 Å². The van der Waals surface area contributed by atoms with Crippen molar-refractivity contribution in [1.29, 1.82) is 0 Å². The quantitative estimate of drug-likeness (QED) is 0.674. The molecule has 1 heterocycles. The molecule has 162 valence electrons. The third-order valence-electron chi connectivity index (χ3n) is 5.69. The fraction of sp³-hybridized carbons (Fsp3) is 0.542. The zero-order chi connectivity index (χ0) is 21.5. The summed E-state index contributed by atoms with van der Waals surface area (Å²) < 4.78 is 5.90. The fourth-order valence-corrected chi connectivity index (χ4v) is 4.04. The van der Waals surface area contributed by atoms with Crippen LogP contribution in [0.2, 0.25) is 0 Å². The Morgan fingerprint density at radius 2 is 1.93 bits per heavy atom. The van der Waals surface area contributed by atoms with E-state index < -0.39 is 0 Å². The van der Waals surface area contributed by atoms with Gasteiger partial charge < -0.3 is 15.0 Å². The molecule has 0 bridgehead atoms. The molecule has 1 aliphatic rings. The van der Waals surface area contributed by atoms with Crippen LogP contribution in [0.4, 0.5) is 0 Å². The van der Waals surface area contributed by atoms with Gasteiger partial charge in [0, 0.05) is 17.2 Å². The first-order valence-electron chi connectivity index (χ1n) is 11.3. The zero-order valence-corrected chi connectivity index (χ0v) is 18.3. The molecule has 0 atom stereocenters. The number of rotatable bonds is 8. The highest BCUT2D eigenvalue weighted by Gasteiger charge is 2.19. The van der Waals surface area contributed by atoms with Crippen LogP contribution >= 0.6 is 0 Å². The first kappa shape index (κ1) is 22.1. The third-order valence-corrected chi connectivity index (χ3v) is 5.69. The Bertz CT molecular complexity index is 930. The Balaban J connectivity index is 1.98. The number of benzene rings is 1. The molecule has 30 heavy (non-hydrogen) atoms. The number of aromatic nitrogens is 2. The number of nitrogens with zero attached hydrogens (tertiary/aromatic N) is 1. The lowest BCUT2D eigenvalue weighted by Crippen LogP contribution is -2.36. The highest BCUT2D eigenvalue weighted by atomic mass is 16.5. The number of ether oxygens (including phenoxy) is 1. The SMILES string of the molecule is CCCOc1ccc(C(=O)NC2CCCCC2)cc1-c1nc(CC)c(CC)c(=O)[nH]1. The van der Waals surface area contributed by atoms with Gasteiger partial charge in [-0.2, -0.15) is 0 Å². The summed E-state index contributed by atoms with van der Waals surface area (Å²) in [4.78, 5) is 33.1. The molecule has 2 N–H and O–H groups in total. The number of nitrogens with one attached hydrogen (secondary N) is 2. The van der Waals surface area contributed by atoms with Gasteiger partial charge >= 0.3 is 0 Å². The van der Waals surface area contributed by atoms with E-state index in [1.165, 1.54) is 6.42 Å². The summed E-state index contributed by atoms with van der Waals surface area (Å²) in [5.74, 6) is 0.987. The summed E-state index contributed by atoms with van der Waals surface area (Å²) in [6, 6.07) is 5.61. The largest absolute Gasteiger partial charge is 0.493 e. The van der Waals surface area contributed by atoms with Crippen LogP contribution in [0.25, 0.3) is 11.4 Å². The van der Waals surface area contributed by atoms with Crippen molar-refractivity contribution in [2.45, 2.75) is 78.2 Å². The Morgan fingerprint density at radius 3 is 2.60 bits per heavy atom. The predicted molar refractivity (Wildman–Crippen MR) is 119 cm³/mol. The number of H-pyrrole nitrogens is 1. The topological polar surface area (TPSA) is 84.1 Å². The van der Waals surface area contributed by atoms with Crippen LogP contribution in [0.5, 0.6) is 5.75 Å². The molecule has 0 aliphatic heterocycles. The number of carbonyl (C=O) groups excluding carboxylic acids is 1. The van der Waals surface area contributed by atoms with Gasteiger partial charge in [0.05, 0.1) is 17.9 Å². The van der Waals surface area contributed by atoms with Crippen LogP contribution in [0.3, 0.4) is 0 Å². The summed E-state index contributed by atoms with van der Waals surface area (Å²) in [5, 5.41) is 3.16. The maximum atomic E-state index is 12.9. The highest BCUT2D eigenvalue weighted by Crippen LogP contribution is 2.29. The van der Waals surface area contributed by atoms with E-state index in [9.17, 15) is 9.59 Å². The highest BCUT2D eigenvalue weighted by molar-refractivity contribution is 5.96. The minimum Gasteiger partial charge on any atom is -0.493 e. The Labute approximate surface area is 178 Å². The Hall–Kier alpha value is -2.63. The molecule has 1 aromatic carbocycles. The van der Waals surface area contributed by atoms with Crippen molar-refractivity contribution >= 4 is 5.91 Å². The Kier molecular flexibility index (Phi) is 7.66. The lowest BCUT2D eigenvalue weighted by atomic mass is 9.95. The van der Waals surface area contributed by atoms with Crippen molar-refractivity contribution in [3.63, 3.8) is 0 Å². The molecule has 1 amide bonds. The summed E-state index contributed by atoms with van der Waals surface area (Å²) in [6.07, 6.45) is 7.80. The second-order valence-corrected chi connectivity index (χ2v) is 7.91. The van der Waals surface area contributed by atoms with Crippen molar-refractivity contribution < 1.29 is 9.53 Å². The molecule has 1 aliphatic carbocycles. The van der Waals surface area contributed by atoms with Crippen LogP contribution in [-0.2, 0) is 12.8 Å². The third kappa shape index (κ3) is 5.10. The minimum absolute atomic E-state index is 0.0894. The minimum atomic E-state index is -0.127. The molecular formula is C24H33N3O3. The van der Waals surface area contributed by atoms with Gasteiger partial charge in [-0.1, -0.05) is 40.0 Å². The van der Waals surface area contributed by atoms with E-state index >= 15 is 0 Å². The second-order valence-electron chi connectivity index (χ2n) is 7.91. The zero-order valence-electron chi connectivity index (χ0n) is 18.3. The van der Waals surface area contributed by atoms with Crippen LogP contribution in [-0.4, -0.2) is 28.5 Å². The molecule has 1 saturated carbocycles. The van der Waals surface area contributed by atoms with Gasteiger partial charge in [-0.25, -0.2) is 4.98 Å². The number of hydrogen-bond acceptors (Lipinski definition) is 4. The molecule has 2 aromatic rings. The van der Waals surface area contributed by atoms with Gasteiger partial charge in [-0.05, 0) is 50.3 Å². The monoisotopic (exact) mass is 411 g/mol. The van der Waals surface area contributed by atoms with Gasteiger partial charge in [0.25, 0.3) is 11.5 Å². The summed E-state index contributed by atoms with van der Waals surface area (Å²) in [5.41, 5.74) is 2.57. The molecule has 0 saturated heterocycles. The molecule has 1 fully saturated rings. The molecule has 3 rings (SSSR count). The number of hydrogen-bond donors (Lipinski definition) is 2. The normalized spacial score (nSPS) is 14.5. The van der Waals surface area contributed by atoms with E-state index in [4.69, 9.17) is 9.72 Å². The lowest BCUT2D eigenvalue weighted by Gasteiger charge is -2.23. The molecule has 0 spiro atoms. The maximum Gasteiger partial charge on any atom is 0.254 e. The molecule has 0 radical (unpaired) electrons. The predicted octanol–water partition coefficient (Wildman–Crippen LogP) is 4.41. The number of aryl methyl sites for hydroxylation is 1. The molecule has 6 heteroatoms. The average molecular weight is 412 g/mol. The molecular weight excluding hydrogens is 378 g/mol. The number of aromatic amines is 1. The van der Waals surface area contributed by atoms with Gasteiger partial charge in [-0.15, -0.1) is 0 Å². The molecule has 1 aromatic heterocycles. The van der Waals surface area contributed by atoms with Gasteiger partial charge in [0.2, 0.25) is 0 Å². The van der Waals surface area contributed by atoms with E-state index in [2.05, 4.69) is 10.3 Å². The van der Waals surface area contributed by atoms with Crippen LogP contribution in [0.1, 0.15) is 80.9 Å². The fourth-order valence-electron chi connectivity index (χ4n) is 4.04. The maximum absolute atomic E-state index is 12.9. The Morgan fingerprint density at radius 1 is 1.17 bits per heavy atom. The summed E-state index contributed by atoms with van der Waals surface area (Å²) >= 11 is 0. The average Bonchev–Trinajstić information content (AvgIpc) is 2.77. The van der Waals surface area contributed by atoms with Gasteiger partial charge in [0.15, 0.2) is 0 Å². The lowest BCUT2D eigenvalue weighted by molar-refractivity contribution is 0.0927. The van der Waals surface area contributed by atoms with E-state index in [-0.39, 0.29) is 17.5 Å². The van der Waals surface area contributed by atoms with Crippen LogP contribution in [0, 0.1) is 0 Å². The van der Waals surface area contributed by atoms with Crippen molar-refractivity contribution in [3.8, 4) is 17.1 Å². The smallest absolute Gasteiger partial charge is 0.254 e. The van der Waals surface area contributed by atoms with Crippen molar-refractivity contribution in [2.75, 3.05) is 6.61 Å². The van der Waals surface area contributed by atoms with Crippen LogP contribution in [0.15, 0.2) is 23.0 Å².